The molecule has 0 spiro atoms. The highest BCUT2D eigenvalue weighted by molar-refractivity contribution is 6.33. The first kappa shape index (κ1) is 16.1. The monoisotopic (exact) mass is 330 g/mol. The molecule has 0 radical (unpaired) electrons. The van der Waals surface area contributed by atoms with Gasteiger partial charge in [-0.05, 0) is 44.7 Å². The van der Waals surface area contributed by atoms with Crippen molar-refractivity contribution in [2.45, 2.75) is 25.9 Å². The Labute approximate surface area is 142 Å². The predicted octanol–water partition coefficient (Wildman–Crippen LogP) is 3.51. The van der Waals surface area contributed by atoms with E-state index in [4.69, 9.17) is 17.3 Å². The van der Waals surface area contributed by atoms with Crippen molar-refractivity contribution in [2.24, 2.45) is 0 Å². The molecule has 122 valence electrons. The zero-order chi connectivity index (χ0) is 16.6. The predicted molar refractivity (Wildman–Crippen MR) is 98.0 cm³/mol. The van der Waals surface area contributed by atoms with Gasteiger partial charge in [0.05, 0.1) is 5.02 Å². The van der Waals surface area contributed by atoms with Gasteiger partial charge >= 0.3 is 0 Å². The quantitative estimate of drug-likeness (QED) is 0.915. The molecule has 2 aromatic rings. The summed E-state index contributed by atoms with van der Waals surface area (Å²) in [6.07, 6.45) is 1.76. The normalized spacial score (nSPS) is 22.3. The maximum absolute atomic E-state index is 6.06. The molecule has 4 nitrogen and oxygen atoms in total. The third-order valence-electron chi connectivity index (χ3n) is 4.80. The van der Waals surface area contributed by atoms with Gasteiger partial charge in [0.15, 0.2) is 0 Å². The summed E-state index contributed by atoms with van der Waals surface area (Å²) in [6, 6.07) is 11.5. The summed E-state index contributed by atoms with van der Waals surface area (Å²) in [5.41, 5.74) is 9.01. The van der Waals surface area contributed by atoms with E-state index in [-0.39, 0.29) is 0 Å². The second-order valence-electron chi connectivity index (χ2n) is 6.41. The SMILES string of the molecule is C[C@@H]1CN(c2ccc(-c3cnc(N)c(Cl)c3)cc2)C[C@H](C)N1C. The Balaban J connectivity index is 1.80. The highest BCUT2D eigenvalue weighted by atomic mass is 35.5. The second-order valence-corrected chi connectivity index (χ2v) is 6.81. The van der Waals surface area contributed by atoms with Gasteiger partial charge in [-0.3, -0.25) is 4.90 Å². The van der Waals surface area contributed by atoms with E-state index in [0.717, 1.165) is 24.2 Å². The number of nitrogen functional groups attached to an aromatic ring is 1. The Hall–Kier alpha value is -1.78. The number of anilines is 2. The van der Waals surface area contributed by atoms with Gasteiger partial charge in [-0.1, -0.05) is 23.7 Å². The Morgan fingerprint density at radius 2 is 1.70 bits per heavy atom. The molecule has 0 bridgehead atoms. The van der Waals surface area contributed by atoms with E-state index in [0.29, 0.717) is 22.9 Å². The van der Waals surface area contributed by atoms with Crippen LogP contribution in [0.15, 0.2) is 36.5 Å². The van der Waals surface area contributed by atoms with E-state index in [1.165, 1.54) is 5.69 Å². The molecular formula is C18H23ClN4. The van der Waals surface area contributed by atoms with Gasteiger partial charge < -0.3 is 10.6 Å². The highest BCUT2D eigenvalue weighted by Crippen LogP contribution is 2.28. The molecule has 5 heteroatoms. The first-order valence-corrected chi connectivity index (χ1v) is 8.32. The summed E-state index contributed by atoms with van der Waals surface area (Å²) in [5, 5.41) is 0.494. The molecule has 0 unspecified atom stereocenters. The molecule has 1 aromatic heterocycles. The maximum Gasteiger partial charge on any atom is 0.142 e. The number of nitrogens with two attached hydrogens (primary N) is 1. The first-order valence-electron chi connectivity index (χ1n) is 7.94. The first-order chi connectivity index (χ1) is 11.0. The van der Waals surface area contributed by atoms with Crippen LogP contribution in [-0.2, 0) is 0 Å². The van der Waals surface area contributed by atoms with Gasteiger partial charge in [0.2, 0.25) is 0 Å². The molecule has 1 aromatic carbocycles. The number of nitrogens with zero attached hydrogens (tertiary/aromatic N) is 3. The van der Waals surface area contributed by atoms with Gasteiger partial charge in [0.1, 0.15) is 5.82 Å². The molecule has 1 fully saturated rings. The van der Waals surface area contributed by atoms with Crippen LogP contribution in [0.4, 0.5) is 11.5 Å². The molecule has 2 atom stereocenters. The van der Waals surface area contributed by atoms with E-state index in [9.17, 15) is 0 Å². The fourth-order valence-electron chi connectivity index (χ4n) is 3.09. The Bertz CT molecular complexity index is 674. The molecule has 0 amide bonds. The van der Waals surface area contributed by atoms with Crippen LogP contribution >= 0.6 is 11.6 Å². The Morgan fingerprint density at radius 3 is 2.26 bits per heavy atom. The van der Waals surface area contributed by atoms with Gasteiger partial charge in [0, 0.05) is 42.6 Å². The molecule has 1 aliphatic rings. The van der Waals surface area contributed by atoms with E-state index in [1.807, 2.05) is 6.07 Å². The number of piperazine rings is 1. The molecule has 2 heterocycles. The van der Waals surface area contributed by atoms with Crippen molar-refractivity contribution < 1.29 is 0 Å². The Kier molecular flexibility index (Phi) is 4.46. The van der Waals surface area contributed by atoms with Crippen LogP contribution in [0.5, 0.6) is 0 Å². The van der Waals surface area contributed by atoms with Crippen molar-refractivity contribution in [1.82, 2.24) is 9.88 Å². The number of aromatic nitrogens is 1. The van der Waals surface area contributed by atoms with Gasteiger partial charge in [-0.15, -0.1) is 0 Å². The molecule has 1 aliphatic heterocycles. The van der Waals surface area contributed by atoms with Crippen molar-refractivity contribution in [3.63, 3.8) is 0 Å². The van der Waals surface area contributed by atoms with Crippen LogP contribution in [0.25, 0.3) is 11.1 Å². The molecule has 1 saturated heterocycles. The van der Waals surface area contributed by atoms with E-state index < -0.39 is 0 Å². The number of likely N-dealkylation sites (N-methyl/N-ethyl adjacent to an activating group) is 1. The van der Waals surface area contributed by atoms with E-state index >= 15 is 0 Å². The molecule has 3 rings (SSSR count). The van der Waals surface area contributed by atoms with Crippen molar-refractivity contribution >= 4 is 23.1 Å². The second kappa shape index (κ2) is 6.38. The number of hydrogen-bond donors (Lipinski definition) is 1. The smallest absolute Gasteiger partial charge is 0.142 e. The topological polar surface area (TPSA) is 45.4 Å². The summed E-state index contributed by atoms with van der Waals surface area (Å²) in [7, 11) is 2.20. The summed E-state index contributed by atoms with van der Waals surface area (Å²) in [5.74, 6) is 0.368. The van der Waals surface area contributed by atoms with Gasteiger partial charge in [0.25, 0.3) is 0 Å². The minimum atomic E-state index is 0.368. The van der Waals surface area contributed by atoms with Gasteiger partial charge in [-0.2, -0.15) is 0 Å². The average molecular weight is 331 g/mol. The largest absolute Gasteiger partial charge is 0.382 e. The zero-order valence-corrected chi connectivity index (χ0v) is 14.6. The van der Waals surface area contributed by atoms with Crippen LogP contribution < -0.4 is 10.6 Å². The maximum atomic E-state index is 6.06. The fourth-order valence-corrected chi connectivity index (χ4v) is 3.25. The summed E-state index contributed by atoms with van der Waals surface area (Å²) >= 11 is 6.06. The Morgan fingerprint density at radius 1 is 1.09 bits per heavy atom. The zero-order valence-electron chi connectivity index (χ0n) is 13.8. The molecule has 0 saturated carbocycles. The van der Waals surface area contributed by atoms with E-state index in [1.54, 1.807) is 6.20 Å². The molecule has 23 heavy (non-hydrogen) atoms. The van der Waals surface area contributed by atoms with Crippen molar-refractivity contribution in [2.75, 3.05) is 30.8 Å². The minimum Gasteiger partial charge on any atom is -0.382 e. The van der Waals surface area contributed by atoms with Crippen molar-refractivity contribution in [3.8, 4) is 11.1 Å². The lowest BCUT2D eigenvalue weighted by molar-refractivity contribution is 0.170. The van der Waals surface area contributed by atoms with Crippen LogP contribution in [-0.4, -0.2) is 42.1 Å². The van der Waals surface area contributed by atoms with Crippen molar-refractivity contribution in [1.29, 1.82) is 0 Å². The number of hydrogen-bond acceptors (Lipinski definition) is 4. The molecular weight excluding hydrogens is 308 g/mol. The van der Waals surface area contributed by atoms with Crippen LogP contribution in [0, 0.1) is 0 Å². The standard InChI is InChI=1S/C18H23ClN4/c1-12-10-23(11-13(2)22(12)3)16-6-4-14(5-7-16)15-8-17(19)18(20)21-9-15/h4-9,12-13H,10-11H2,1-3H3,(H2,20,21)/t12-,13+. The molecule has 2 N–H and O–H groups in total. The summed E-state index contributed by atoms with van der Waals surface area (Å²) < 4.78 is 0. The summed E-state index contributed by atoms with van der Waals surface area (Å²) in [4.78, 5) is 9.01. The van der Waals surface area contributed by atoms with Crippen LogP contribution in [0.2, 0.25) is 5.02 Å². The number of benzene rings is 1. The fraction of sp³-hybridized carbons (Fsp3) is 0.389. The number of pyridine rings is 1. The highest BCUT2D eigenvalue weighted by Gasteiger charge is 2.26. The lowest BCUT2D eigenvalue weighted by Gasteiger charge is -2.43. The average Bonchev–Trinajstić information content (AvgIpc) is 2.55. The minimum absolute atomic E-state index is 0.368. The lowest BCUT2D eigenvalue weighted by Crippen LogP contribution is -2.55. The lowest BCUT2D eigenvalue weighted by atomic mass is 10.1. The molecule has 0 aliphatic carbocycles. The third kappa shape index (κ3) is 3.28. The van der Waals surface area contributed by atoms with Gasteiger partial charge in [-0.25, -0.2) is 4.98 Å². The number of halogens is 1. The number of rotatable bonds is 2. The summed E-state index contributed by atoms with van der Waals surface area (Å²) in [6.45, 7) is 6.66. The van der Waals surface area contributed by atoms with E-state index in [2.05, 4.69) is 59.9 Å². The van der Waals surface area contributed by atoms with Crippen molar-refractivity contribution in [3.05, 3.63) is 41.6 Å². The van der Waals surface area contributed by atoms with Crippen LogP contribution in [0.3, 0.4) is 0 Å². The third-order valence-corrected chi connectivity index (χ3v) is 5.10. The van der Waals surface area contributed by atoms with Crippen LogP contribution in [0.1, 0.15) is 13.8 Å².